The average molecular weight is 233 g/mol. The largest absolute Gasteiger partial charge is 0.360 e. The second-order valence-electron chi connectivity index (χ2n) is 4.34. The fourth-order valence-corrected chi connectivity index (χ4v) is 2.45. The summed E-state index contributed by atoms with van der Waals surface area (Å²) in [5.41, 5.74) is 4.22. The molecule has 1 aromatic heterocycles. The molecule has 0 unspecified atom stereocenters. The third kappa shape index (κ3) is 1.21. The molecule has 3 heteroatoms. The highest BCUT2D eigenvalue weighted by Crippen LogP contribution is 2.37. The maximum absolute atomic E-state index is 4.50. The van der Waals surface area contributed by atoms with Crippen LogP contribution in [0.3, 0.4) is 0 Å². The second kappa shape index (κ2) is 3.47. The van der Waals surface area contributed by atoms with Crippen LogP contribution < -0.4 is 5.32 Å². The van der Waals surface area contributed by atoms with E-state index in [1.807, 2.05) is 24.6 Å². The number of hydrogen-bond donors (Lipinski definition) is 2. The number of aromatic amines is 1. The fraction of sp³-hybridized carbons (Fsp3) is 0. The minimum Gasteiger partial charge on any atom is -0.360 e. The summed E-state index contributed by atoms with van der Waals surface area (Å²) in [6.07, 6.45) is 5.60. The van der Waals surface area contributed by atoms with Crippen LogP contribution >= 0.6 is 0 Å². The zero-order valence-electron chi connectivity index (χ0n) is 9.64. The van der Waals surface area contributed by atoms with E-state index in [4.69, 9.17) is 0 Å². The highest BCUT2D eigenvalue weighted by molar-refractivity contribution is 6.13. The monoisotopic (exact) mass is 233 g/mol. The first-order valence-corrected chi connectivity index (χ1v) is 5.93. The van der Waals surface area contributed by atoms with E-state index in [1.54, 1.807) is 0 Å². The van der Waals surface area contributed by atoms with E-state index < -0.39 is 0 Å². The SMILES string of the molecule is C1=CNc2ccc3c([nH]c4ccccc43)c2N=C1. The van der Waals surface area contributed by atoms with Gasteiger partial charge in [0, 0.05) is 28.7 Å². The Hall–Kier alpha value is -2.55. The molecule has 1 aliphatic rings. The Morgan fingerprint density at radius 3 is 2.89 bits per heavy atom. The first-order chi connectivity index (χ1) is 8.93. The molecule has 2 heterocycles. The molecular formula is C15H11N3. The molecule has 0 saturated carbocycles. The Kier molecular flexibility index (Phi) is 1.83. The quantitative estimate of drug-likeness (QED) is 0.606. The van der Waals surface area contributed by atoms with Crippen molar-refractivity contribution >= 4 is 39.4 Å². The van der Waals surface area contributed by atoms with Crippen molar-refractivity contribution in [2.24, 2.45) is 4.99 Å². The molecule has 2 N–H and O–H groups in total. The first kappa shape index (κ1) is 9.48. The number of benzene rings is 2. The van der Waals surface area contributed by atoms with Crippen molar-refractivity contribution in [3.05, 3.63) is 48.7 Å². The van der Waals surface area contributed by atoms with E-state index in [0.29, 0.717) is 0 Å². The zero-order chi connectivity index (χ0) is 11.9. The van der Waals surface area contributed by atoms with Crippen molar-refractivity contribution in [3.8, 4) is 0 Å². The standard InChI is InChI=1S/C15H11N3/c1-2-5-12-10(4-1)11-6-7-13-15(14(11)18-12)17-9-3-8-16-13/h1-9,16,18H. The summed E-state index contributed by atoms with van der Waals surface area (Å²) < 4.78 is 0. The van der Waals surface area contributed by atoms with Gasteiger partial charge in [-0.25, -0.2) is 0 Å². The predicted octanol–water partition coefficient (Wildman–Crippen LogP) is 3.96. The lowest BCUT2D eigenvalue weighted by molar-refractivity contribution is 1.49. The van der Waals surface area contributed by atoms with Crippen molar-refractivity contribution in [2.45, 2.75) is 0 Å². The van der Waals surface area contributed by atoms with Gasteiger partial charge in [-0.3, -0.25) is 4.99 Å². The van der Waals surface area contributed by atoms with E-state index in [-0.39, 0.29) is 0 Å². The number of H-pyrrole nitrogens is 1. The Balaban J connectivity index is 2.17. The van der Waals surface area contributed by atoms with Gasteiger partial charge in [0.15, 0.2) is 0 Å². The fourth-order valence-electron chi connectivity index (χ4n) is 2.45. The lowest BCUT2D eigenvalue weighted by Gasteiger charge is -2.04. The summed E-state index contributed by atoms with van der Waals surface area (Å²) in [6, 6.07) is 12.5. The van der Waals surface area contributed by atoms with Crippen molar-refractivity contribution in [3.63, 3.8) is 0 Å². The number of nitrogens with one attached hydrogen (secondary N) is 2. The third-order valence-corrected chi connectivity index (χ3v) is 3.28. The van der Waals surface area contributed by atoms with Gasteiger partial charge >= 0.3 is 0 Å². The Labute approximate surface area is 104 Å². The van der Waals surface area contributed by atoms with Gasteiger partial charge in [0.25, 0.3) is 0 Å². The molecule has 3 nitrogen and oxygen atoms in total. The third-order valence-electron chi connectivity index (χ3n) is 3.28. The zero-order valence-corrected chi connectivity index (χ0v) is 9.64. The molecule has 0 amide bonds. The van der Waals surface area contributed by atoms with Crippen LogP contribution in [0.5, 0.6) is 0 Å². The molecule has 0 spiro atoms. The van der Waals surface area contributed by atoms with Gasteiger partial charge in [-0.2, -0.15) is 0 Å². The smallest absolute Gasteiger partial charge is 0.110 e. The molecule has 86 valence electrons. The van der Waals surface area contributed by atoms with Gasteiger partial charge in [-0.15, -0.1) is 0 Å². The number of fused-ring (bicyclic) bond motifs is 5. The molecule has 0 bridgehead atoms. The molecular weight excluding hydrogens is 222 g/mol. The van der Waals surface area contributed by atoms with Crippen LogP contribution in [0, 0.1) is 0 Å². The number of aliphatic imine (C=N–C) groups is 1. The molecule has 3 aromatic rings. The Morgan fingerprint density at radius 2 is 1.89 bits per heavy atom. The molecule has 0 aliphatic carbocycles. The van der Waals surface area contributed by atoms with Gasteiger partial charge in [0.1, 0.15) is 5.69 Å². The summed E-state index contributed by atoms with van der Waals surface area (Å²) in [5.74, 6) is 0. The minimum atomic E-state index is 0.966. The maximum atomic E-state index is 4.50. The summed E-state index contributed by atoms with van der Waals surface area (Å²) in [7, 11) is 0. The highest BCUT2D eigenvalue weighted by atomic mass is 14.9. The van der Waals surface area contributed by atoms with Crippen LogP contribution in [0.25, 0.3) is 21.8 Å². The number of hydrogen-bond acceptors (Lipinski definition) is 2. The number of anilines is 1. The highest BCUT2D eigenvalue weighted by Gasteiger charge is 2.11. The summed E-state index contributed by atoms with van der Waals surface area (Å²) in [5, 5.41) is 5.69. The van der Waals surface area contributed by atoms with E-state index in [1.165, 1.54) is 10.8 Å². The lowest BCUT2D eigenvalue weighted by atomic mass is 10.1. The molecule has 0 atom stereocenters. The van der Waals surface area contributed by atoms with Gasteiger partial charge in [-0.05, 0) is 24.3 Å². The first-order valence-electron chi connectivity index (χ1n) is 5.93. The van der Waals surface area contributed by atoms with Crippen molar-refractivity contribution in [1.82, 2.24) is 4.98 Å². The summed E-state index contributed by atoms with van der Waals surface area (Å²) in [6.45, 7) is 0. The number of aromatic nitrogens is 1. The second-order valence-corrected chi connectivity index (χ2v) is 4.34. The van der Waals surface area contributed by atoms with Gasteiger partial charge in [0.05, 0.1) is 11.2 Å². The van der Waals surface area contributed by atoms with E-state index >= 15 is 0 Å². The van der Waals surface area contributed by atoms with Crippen LogP contribution in [0.15, 0.2) is 53.7 Å². The van der Waals surface area contributed by atoms with Crippen LogP contribution in [0.2, 0.25) is 0 Å². The number of nitrogens with zero attached hydrogens (tertiary/aromatic N) is 1. The van der Waals surface area contributed by atoms with Crippen molar-refractivity contribution < 1.29 is 0 Å². The number of allylic oxidation sites excluding steroid dienone is 1. The Bertz CT molecular complexity index is 809. The molecule has 4 rings (SSSR count). The topological polar surface area (TPSA) is 40.2 Å². The van der Waals surface area contributed by atoms with E-state index in [9.17, 15) is 0 Å². The van der Waals surface area contributed by atoms with Crippen LogP contribution in [0.4, 0.5) is 11.4 Å². The van der Waals surface area contributed by atoms with E-state index in [0.717, 1.165) is 22.4 Å². The predicted molar refractivity (Wildman–Crippen MR) is 76.7 cm³/mol. The van der Waals surface area contributed by atoms with Crippen molar-refractivity contribution in [2.75, 3.05) is 5.32 Å². The van der Waals surface area contributed by atoms with Gasteiger partial charge in [-0.1, -0.05) is 18.2 Å². The molecule has 0 saturated heterocycles. The maximum Gasteiger partial charge on any atom is 0.110 e. The summed E-state index contributed by atoms with van der Waals surface area (Å²) >= 11 is 0. The van der Waals surface area contributed by atoms with Crippen LogP contribution in [0.1, 0.15) is 0 Å². The molecule has 0 fully saturated rings. The molecule has 2 aromatic carbocycles. The minimum absolute atomic E-state index is 0.966. The van der Waals surface area contributed by atoms with Gasteiger partial charge < -0.3 is 10.3 Å². The average Bonchev–Trinajstić information content (AvgIpc) is 2.62. The summed E-state index contributed by atoms with van der Waals surface area (Å²) in [4.78, 5) is 7.96. The number of rotatable bonds is 0. The number of para-hydroxylation sites is 1. The molecule has 0 radical (unpaired) electrons. The lowest BCUT2D eigenvalue weighted by Crippen LogP contribution is -1.86. The molecule has 18 heavy (non-hydrogen) atoms. The van der Waals surface area contributed by atoms with E-state index in [2.05, 4.69) is 45.6 Å². The molecule has 1 aliphatic heterocycles. The Morgan fingerprint density at radius 1 is 0.944 bits per heavy atom. The van der Waals surface area contributed by atoms with Gasteiger partial charge in [0.2, 0.25) is 0 Å². The normalized spacial score (nSPS) is 13.6. The van der Waals surface area contributed by atoms with Crippen LogP contribution in [-0.4, -0.2) is 11.2 Å². The van der Waals surface area contributed by atoms with Crippen molar-refractivity contribution in [1.29, 1.82) is 0 Å². The van der Waals surface area contributed by atoms with Crippen LogP contribution in [-0.2, 0) is 0 Å².